The molecule has 0 bridgehead atoms. The predicted molar refractivity (Wildman–Crippen MR) is 33.1 cm³/mol. The maximum Gasteiger partial charge on any atom is 0.144 e. The molecular weight excluding hydrogens is 102 g/mol. The van der Waals surface area contributed by atoms with Gasteiger partial charge in [0.25, 0.3) is 0 Å². The summed E-state index contributed by atoms with van der Waals surface area (Å²) in [5.74, 6) is 0. The van der Waals surface area contributed by atoms with Crippen molar-refractivity contribution in [2.75, 3.05) is 0 Å². The van der Waals surface area contributed by atoms with Crippen molar-refractivity contribution in [2.45, 2.75) is 6.92 Å². The molecule has 0 fully saturated rings. The van der Waals surface area contributed by atoms with Crippen molar-refractivity contribution in [2.24, 2.45) is 5.73 Å². The third-order valence-corrected chi connectivity index (χ3v) is 0.620. The molecule has 2 nitrogen and oxygen atoms in total. The standard InChI is InChI=1S/C6H9NO/c1-2-3-6(7)4-5-8/h2-5H,7H2,1H3/b3-2-,6-4+. The average Bonchev–Trinajstić information content (AvgIpc) is 1.68. The summed E-state index contributed by atoms with van der Waals surface area (Å²) in [4.78, 5) is 9.70. The molecule has 0 aromatic carbocycles. The van der Waals surface area contributed by atoms with E-state index in [9.17, 15) is 4.79 Å². The zero-order valence-corrected chi connectivity index (χ0v) is 4.79. The highest BCUT2D eigenvalue weighted by Crippen LogP contribution is 1.81. The minimum atomic E-state index is 0.488. The van der Waals surface area contributed by atoms with Crippen LogP contribution < -0.4 is 5.73 Å². The number of rotatable bonds is 2. The molecule has 2 N–H and O–H groups in total. The van der Waals surface area contributed by atoms with Crippen molar-refractivity contribution in [1.29, 1.82) is 0 Å². The molecule has 0 heterocycles. The quantitative estimate of drug-likeness (QED) is 0.322. The second-order valence-electron chi connectivity index (χ2n) is 1.30. The van der Waals surface area contributed by atoms with E-state index in [1.165, 1.54) is 6.08 Å². The second kappa shape index (κ2) is 4.12. The molecule has 0 saturated heterocycles. The van der Waals surface area contributed by atoms with Gasteiger partial charge in [-0.3, -0.25) is 4.79 Å². The molecule has 0 aliphatic rings. The lowest BCUT2D eigenvalue weighted by Crippen LogP contribution is -1.91. The zero-order valence-electron chi connectivity index (χ0n) is 4.79. The lowest BCUT2D eigenvalue weighted by molar-refractivity contribution is -0.104. The second-order valence-corrected chi connectivity index (χ2v) is 1.30. The summed E-state index contributed by atoms with van der Waals surface area (Å²) in [7, 11) is 0. The summed E-state index contributed by atoms with van der Waals surface area (Å²) in [6.45, 7) is 1.84. The minimum Gasteiger partial charge on any atom is -0.399 e. The van der Waals surface area contributed by atoms with Crippen LogP contribution in [-0.2, 0) is 4.79 Å². The number of nitrogens with two attached hydrogens (primary N) is 1. The number of allylic oxidation sites excluding steroid dienone is 3. The van der Waals surface area contributed by atoms with Crippen LogP contribution in [0.15, 0.2) is 23.9 Å². The van der Waals surface area contributed by atoms with Crippen LogP contribution in [-0.4, -0.2) is 6.29 Å². The maximum atomic E-state index is 9.70. The lowest BCUT2D eigenvalue weighted by atomic mass is 10.4. The molecule has 0 radical (unpaired) electrons. The van der Waals surface area contributed by atoms with Crippen LogP contribution in [0.3, 0.4) is 0 Å². The normalized spacial score (nSPS) is 12.4. The van der Waals surface area contributed by atoms with Gasteiger partial charge in [-0.2, -0.15) is 0 Å². The van der Waals surface area contributed by atoms with Gasteiger partial charge in [-0.1, -0.05) is 6.08 Å². The van der Waals surface area contributed by atoms with E-state index >= 15 is 0 Å². The summed E-state index contributed by atoms with van der Waals surface area (Å²) in [6, 6.07) is 0. The third-order valence-electron chi connectivity index (χ3n) is 0.620. The van der Waals surface area contributed by atoms with Gasteiger partial charge in [0.05, 0.1) is 0 Å². The number of aldehydes is 1. The zero-order chi connectivity index (χ0) is 6.41. The maximum absolute atomic E-state index is 9.70. The smallest absolute Gasteiger partial charge is 0.144 e. The fraction of sp³-hybridized carbons (Fsp3) is 0.167. The van der Waals surface area contributed by atoms with Crippen LogP contribution in [0.5, 0.6) is 0 Å². The van der Waals surface area contributed by atoms with E-state index in [4.69, 9.17) is 5.73 Å². The van der Waals surface area contributed by atoms with Gasteiger partial charge in [-0.25, -0.2) is 0 Å². The lowest BCUT2D eigenvalue weighted by Gasteiger charge is -1.82. The molecule has 2 heteroatoms. The van der Waals surface area contributed by atoms with Crippen LogP contribution in [0.2, 0.25) is 0 Å². The summed E-state index contributed by atoms with van der Waals surface area (Å²) in [5, 5.41) is 0. The molecule has 0 aliphatic carbocycles. The van der Waals surface area contributed by atoms with Crippen molar-refractivity contribution in [3.05, 3.63) is 23.9 Å². The molecule has 0 rings (SSSR count). The fourth-order valence-corrected chi connectivity index (χ4v) is 0.327. The van der Waals surface area contributed by atoms with Gasteiger partial charge in [-0.05, 0) is 13.0 Å². The minimum absolute atomic E-state index is 0.488. The SMILES string of the molecule is C/C=C\C(N)=C/C=O. The Morgan fingerprint density at radius 1 is 1.62 bits per heavy atom. The fourth-order valence-electron chi connectivity index (χ4n) is 0.327. The van der Waals surface area contributed by atoms with Crippen LogP contribution in [0.1, 0.15) is 6.92 Å². The van der Waals surface area contributed by atoms with Crippen molar-refractivity contribution in [1.82, 2.24) is 0 Å². The largest absolute Gasteiger partial charge is 0.399 e. The van der Waals surface area contributed by atoms with Gasteiger partial charge in [-0.15, -0.1) is 0 Å². The van der Waals surface area contributed by atoms with E-state index in [0.717, 1.165) is 0 Å². The topological polar surface area (TPSA) is 43.1 Å². The molecule has 8 heavy (non-hydrogen) atoms. The first-order valence-electron chi connectivity index (χ1n) is 2.35. The molecule has 0 aromatic heterocycles. The Balaban J connectivity index is 3.79. The Labute approximate surface area is 48.7 Å². The Bertz CT molecular complexity index is 124. The summed E-state index contributed by atoms with van der Waals surface area (Å²) in [6.07, 6.45) is 5.40. The third kappa shape index (κ3) is 3.15. The first kappa shape index (κ1) is 6.95. The Hall–Kier alpha value is -1.05. The van der Waals surface area contributed by atoms with Crippen LogP contribution in [0.25, 0.3) is 0 Å². The van der Waals surface area contributed by atoms with Crippen LogP contribution in [0.4, 0.5) is 0 Å². The molecule has 0 atom stereocenters. The van der Waals surface area contributed by atoms with Crippen LogP contribution in [0, 0.1) is 0 Å². The van der Waals surface area contributed by atoms with E-state index < -0.39 is 0 Å². The van der Waals surface area contributed by atoms with E-state index in [-0.39, 0.29) is 0 Å². The Morgan fingerprint density at radius 2 is 2.25 bits per heavy atom. The van der Waals surface area contributed by atoms with Crippen LogP contribution >= 0.6 is 0 Å². The summed E-state index contributed by atoms with van der Waals surface area (Å²) >= 11 is 0. The van der Waals surface area contributed by atoms with Gasteiger partial charge in [0.1, 0.15) is 6.29 Å². The van der Waals surface area contributed by atoms with Gasteiger partial charge >= 0.3 is 0 Å². The first-order chi connectivity index (χ1) is 3.81. The molecule has 0 spiro atoms. The first-order valence-corrected chi connectivity index (χ1v) is 2.35. The number of carbonyl (C=O) groups is 1. The highest BCUT2D eigenvalue weighted by atomic mass is 16.1. The van der Waals surface area contributed by atoms with Crippen molar-refractivity contribution >= 4 is 6.29 Å². The van der Waals surface area contributed by atoms with E-state index in [1.54, 1.807) is 12.2 Å². The van der Waals surface area contributed by atoms with Crippen molar-refractivity contribution in [3.8, 4) is 0 Å². The molecule has 0 aromatic rings. The molecule has 0 amide bonds. The van der Waals surface area contributed by atoms with Gasteiger partial charge in [0, 0.05) is 11.8 Å². The Kier molecular flexibility index (Phi) is 3.58. The highest BCUT2D eigenvalue weighted by molar-refractivity contribution is 5.66. The van der Waals surface area contributed by atoms with Gasteiger partial charge in [0.15, 0.2) is 0 Å². The molecule has 0 saturated carbocycles. The molecule has 0 unspecified atom stereocenters. The Morgan fingerprint density at radius 3 is 2.62 bits per heavy atom. The van der Waals surface area contributed by atoms with Crippen molar-refractivity contribution in [3.63, 3.8) is 0 Å². The molecule has 0 aliphatic heterocycles. The van der Waals surface area contributed by atoms with Crippen molar-refractivity contribution < 1.29 is 4.79 Å². The van der Waals surface area contributed by atoms with E-state index in [0.29, 0.717) is 12.0 Å². The summed E-state index contributed by atoms with van der Waals surface area (Å²) in [5.41, 5.74) is 5.73. The van der Waals surface area contributed by atoms with E-state index in [2.05, 4.69) is 0 Å². The highest BCUT2D eigenvalue weighted by Gasteiger charge is 1.74. The van der Waals surface area contributed by atoms with E-state index in [1.807, 2.05) is 6.92 Å². The number of hydrogen-bond acceptors (Lipinski definition) is 2. The monoisotopic (exact) mass is 111 g/mol. The van der Waals surface area contributed by atoms with Gasteiger partial charge < -0.3 is 5.73 Å². The summed E-state index contributed by atoms with van der Waals surface area (Å²) < 4.78 is 0. The van der Waals surface area contributed by atoms with Gasteiger partial charge in [0.2, 0.25) is 0 Å². The number of hydrogen-bond donors (Lipinski definition) is 1. The molecular formula is C6H9NO. The number of carbonyl (C=O) groups excluding carboxylic acids is 1. The molecule has 44 valence electrons. The average molecular weight is 111 g/mol. The predicted octanol–water partition coefficient (Wildman–Crippen LogP) is 0.604.